The van der Waals surface area contributed by atoms with Crippen molar-refractivity contribution in [2.24, 2.45) is 0 Å². The van der Waals surface area contributed by atoms with Gasteiger partial charge in [-0.05, 0) is 41.7 Å². The molecule has 0 amide bonds. The van der Waals surface area contributed by atoms with Gasteiger partial charge in [0, 0.05) is 25.4 Å². The Bertz CT molecular complexity index is 1170. The molecule has 2 heterocycles. The predicted octanol–water partition coefficient (Wildman–Crippen LogP) is 5.03. The van der Waals surface area contributed by atoms with Crippen molar-refractivity contribution in [3.63, 3.8) is 0 Å². The van der Waals surface area contributed by atoms with Gasteiger partial charge in [-0.25, -0.2) is 4.98 Å². The summed E-state index contributed by atoms with van der Waals surface area (Å²) in [4.78, 5) is 5.02. The van der Waals surface area contributed by atoms with E-state index in [2.05, 4.69) is 59.9 Å². The van der Waals surface area contributed by atoms with Crippen LogP contribution in [-0.4, -0.2) is 40.2 Å². The minimum Gasteiger partial charge on any atom is -0.494 e. The molecule has 0 aliphatic rings. The summed E-state index contributed by atoms with van der Waals surface area (Å²) in [6, 6.07) is 12.9. The fourth-order valence-corrected chi connectivity index (χ4v) is 3.91. The van der Waals surface area contributed by atoms with Crippen molar-refractivity contribution in [1.29, 1.82) is 0 Å². The van der Waals surface area contributed by atoms with E-state index in [4.69, 9.17) is 14.5 Å². The summed E-state index contributed by atoms with van der Waals surface area (Å²) in [7, 11) is 3.43. The first-order valence-corrected chi connectivity index (χ1v) is 10.7. The minimum absolute atomic E-state index is 0.495. The molecule has 0 aliphatic carbocycles. The molecule has 0 saturated carbocycles. The second-order valence-corrected chi connectivity index (χ2v) is 8.24. The van der Waals surface area contributed by atoms with E-state index in [9.17, 15) is 0 Å². The topological polar surface area (TPSA) is 54.1 Å². The number of fused-ring (bicyclic) bond motifs is 1. The summed E-state index contributed by atoms with van der Waals surface area (Å²) in [5.41, 5.74) is 6.55. The lowest BCUT2D eigenvalue weighted by Crippen LogP contribution is -2.07. The lowest BCUT2D eigenvalue weighted by Gasteiger charge is -2.13. The van der Waals surface area contributed by atoms with Gasteiger partial charge < -0.3 is 14.0 Å². The Hall–Kier alpha value is -3.12. The maximum absolute atomic E-state index is 5.80. The molecule has 0 unspecified atom stereocenters. The second kappa shape index (κ2) is 8.94. The van der Waals surface area contributed by atoms with Crippen LogP contribution in [0.2, 0.25) is 0 Å². The molecular formula is C25H30N4O2. The molecule has 31 heavy (non-hydrogen) atoms. The lowest BCUT2D eigenvalue weighted by atomic mass is 10.0. The summed E-state index contributed by atoms with van der Waals surface area (Å²) in [6.07, 6.45) is 3.91. The van der Waals surface area contributed by atoms with Gasteiger partial charge in [0.1, 0.15) is 17.1 Å². The van der Waals surface area contributed by atoms with Crippen molar-refractivity contribution >= 4 is 11.0 Å². The van der Waals surface area contributed by atoms with Crippen molar-refractivity contribution < 1.29 is 9.47 Å². The zero-order valence-electron chi connectivity index (χ0n) is 18.9. The van der Waals surface area contributed by atoms with Crippen LogP contribution in [0.4, 0.5) is 0 Å². The number of aromatic nitrogens is 4. The number of imidazole rings is 1. The third-order valence-corrected chi connectivity index (χ3v) is 5.55. The van der Waals surface area contributed by atoms with E-state index in [0.29, 0.717) is 25.6 Å². The van der Waals surface area contributed by atoms with Gasteiger partial charge in [-0.15, -0.1) is 0 Å². The van der Waals surface area contributed by atoms with Crippen molar-refractivity contribution in [2.75, 3.05) is 20.8 Å². The van der Waals surface area contributed by atoms with Crippen LogP contribution in [0.1, 0.15) is 36.5 Å². The maximum Gasteiger partial charge on any atom is 0.145 e. The van der Waals surface area contributed by atoms with E-state index in [-0.39, 0.29) is 0 Å². The molecule has 0 atom stereocenters. The van der Waals surface area contributed by atoms with Crippen LogP contribution in [0, 0.1) is 6.92 Å². The summed E-state index contributed by atoms with van der Waals surface area (Å²) < 4.78 is 15.3. The Labute approximate surface area is 183 Å². The highest BCUT2D eigenvalue weighted by atomic mass is 16.5. The smallest absolute Gasteiger partial charge is 0.145 e. The number of nitrogens with zero attached hydrogens (tertiary/aromatic N) is 4. The maximum atomic E-state index is 5.80. The summed E-state index contributed by atoms with van der Waals surface area (Å²) in [5, 5.41) is 4.41. The van der Waals surface area contributed by atoms with Crippen molar-refractivity contribution in [1.82, 2.24) is 19.3 Å². The number of hydrogen-bond acceptors (Lipinski definition) is 4. The van der Waals surface area contributed by atoms with Gasteiger partial charge in [0.25, 0.3) is 0 Å². The van der Waals surface area contributed by atoms with Crippen molar-refractivity contribution in [3.8, 4) is 17.1 Å². The third kappa shape index (κ3) is 4.35. The van der Waals surface area contributed by atoms with Crippen LogP contribution < -0.4 is 4.74 Å². The summed E-state index contributed by atoms with van der Waals surface area (Å²) in [6.45, 7) is 8.42. The average Bonchev–Trinajstić information content (AvgIpc) is 3.34. The van der Waals surface area contributed by atoms with Crippen LogP contribution >= 0.6 is 0 Å². The Kier molecular flexibility index (Phi) is 6.09. The fourth-order valence-electron chi connectivity index (χ4n) is 3.91. The molecule has 6 heteroatoms. The van der Waals surface area contributed by atoms with Gasteiger partial charge in [-0.2, -0.15) is 5.10 Å². The molecule has 0 radical (unpaired) electrons. The second-order valence-electron chi connectivity index (χ2n) is 8.24. The molecule has 162 valence electrons. The highest BCUT2D eigenvalue weighted by Crippen LogP contribution is 2.33. The van der Waals surface area contributed by atoms with E-state index in [1.807, 2.05) is 24.0 Å². The molecule has 4 rings (SSSR count). The van der Waals surface area contributed by atoms with Crippen LogP contribution in [0.25, 0.3) is 22.4 Å². The molecule has 6 nitrogen and oxygen atoms in total. The van der Waals surface area contributed by atoms with Crippen LogP contribution in [0.15, 0.2) is 48.8 Å². The SMILES string of the molecule is COCCn1c(-c2ccc(C(C)C)cc2)nc2cc(Cn3cc(C)cn3)cc(OC)c21. The third-order valence-electron chi connectivity index (χ3n) is 5.55. The monoisotopic (exact) mass is 418 g/mol. The minimum atomic E-state index is 0.495. The van der Waals surface area contributed by atoms with E-state index in [1.165, 1.54) is 5.56 Å². The van der Waals surface area contributed by atoms with Gasteiger partial charge in [-0.3, -0.25) is 4.68 Å². The number of ether oxygens (including phenoxy) is 2. The van der Waals surface area contributed by atoms with Crippen molar-refractivity contribution in [2.45, 2.75) is 39.8 Å². The van der Waals surface area contributed by atoms with Gasteiger partial charge in [0.15, 0.2) is 0 Å². The molecule has 2 aromatic heterocycles. The Balaban J connectivity index is 1.82. The molecule has 0 saturated heterocycles. The quantitative estimate of drug-likeness (QED) is 0.402. The highest BCUT2D eigenvalue weighted by Gasteiger charge is 2.18. The molecule has 2 aromatic carbocycles. The van der Waals surface area contributed by atoms with E-state index in [0.717, 1.165) is 39.3 Å². The van der Waals surface area contributed by atoms with E-state index < -0.39 is 0 Å². The fraction of sp³-hybridized carbons (Fsp3) is 0.360. The number of aryl methyl sites for hydroxylation is 1. The molecule has 4 aromatic rings. The number of rotatable bonds is 8. The van der Waals surface area contributed by atoms with Gasteiger partial charge in [0.05, 0.1) is 32.0 Å². The Morgan fingerprint density at radius 1 is 1.06 bits per heavy atom. The largest absolute Gasteiger partial charge is 0.494 e. The number of methoxy groups -OCH3 is 2. The van der Waals surface area contributed by atoms with E-state index >= 15 is 0 Å². The summed E-state index contributed by atoms with van der Waals surface area (Å²) in [5.74, 6) is 2.23. The van der Waals surface area contributed by atoms with Gasteiger partial charge >= 0.3 is 0 Å². The number of benzene rings is 2. The van der Waals surface area contributed by atoms with Crippen molar-refractivity contribution in [3.05, 3.63) is 65.5 Å². The molecule has 0 bridgehead atoms. The molecule has 0 spiro atoms. The zero-order chi connectivity index (χ0) is 22.0. The standard InChI is InChI=1S/C25H30N4O2/c1-17(2)20-6-8-21(9-7-20)25-27-22-12-19(16-28-15-18(3)14-26-28)13-23(31-5)24(22)29(25)10-11-30-4/h6-9,12-15,17H,10-11,16H2,1-5H3. The first-order valence-electron chi connectivity index (χ1n) is 10.7. The van der Waals surface area contributed by atoms with Gasteiger partial charge in [-0.1, -0.05) is 38.1 Å². The molecule has 0 fully saturated rings. The molecular weight excluding hydrogens is 388 g/mol. The van der Waals surface area contributed by atoms with Gasteiger partial charge in [0.2, 0.25) is 0 Å². The lowest BCUT2D eigenvalue weighted by molar-refractivity contribution is 0.188. The average molecular weight is 419 g/mol. The first kappa shape index (κ1) is 21.1. The zero-order valence-corrected chi connectivity index (χ0v) is 18.9. The Morgan fingerprint density at radius 2 is 1.84 bits per heavy atom. The summed E-state index contributed by atoms with van der Waals surface area (Å²) >= 11 is 0. The van der Waals surface area contributed by atoms with E-state index in [1.54, 1.807) is 14.2 Å². The predicted molar refractivity (Wildman–Crippen MR) is 124 cm³/mol. The van der Waals surface area contributed by atoms with Crippen LogP contribution in [0.5, 0.6) is 5.75 Å². The Morgan fingerprint density at radius 3 is 2.45 bits per heavy atom. The number of hydrogen-bond donors (Lipinski definition) is 0. The normalized spacial score (nSPS) is 11.5. The van der Waals surface area contributed by atoms with Crippen LogP contribution in [-0.2, 0) is 17.8 Å². The van der Waals surface area contributed by atoms with Crippen LogP contribution in [0.3, 0.4) is 0 Å². The first-order chi connectivity index (χ1) is 15.0. The molecule has 0 aliphatic heterocycles. The molecule has 0 N–H and O–H groups in total. The highest BCUT2D eigenvalue weighted by molar-refractivity contribution is 5.87.